The zero-order valence-electron chi connectivity index (χ0n) is 10.6. The summed E-state index contributed by atoms with van der Waals surface area (Å²) in [6.07, 6.45) is 1.44. The van der Waals surface area contributed by atoms with Gasteiger partial charge in [-0.05, 0) is 19.1 Å². The lowest BCUT2D eigenvalue weighted by atomic mass is 10.3. The van der Waals surface area contributed by atoms with Gasteiger partial charge in [0.25, 0.3) is 5.91 Å². The number of aromatic nitrogens is 1. The molecule has 0 bridgehead atoms. The smallest absolute Gasteiger partial charge is 0.332 e. The number of nitrogens with zero attached hydrogens (tertiary/aromatic N) is 1. The molecule has 1 atom stereocenters. The molecule has 0 aliphatic carbocycles. The van der Waals surface area contributed by atoms with Crippen molar-refractivity contribution in [2.75, 3.05) is 19.0 Å². The Bertz CT molecular complexity index is 424. The molecule has 0 aliphatic heterocycles. The Balaban J connectivity index is 0.00000324. The number of methoxy groups -OCH3 is 1. The second-order valence-electron chi connectivity index (χ2n) is 3.30. The first-order valence-corrected chi connectivity index (χ1v) is 5.31. The van der Waals surface area contributed by atoms with Crippen molar-refractivity contribution in [2.24, 2.45) is 5.73 Å². The summed E-state index contributed by atoms with van der Waals surface area (Å²) < 4.78 is 9.55. The number of rotatable bonds is 5. The maximum Gasteiger partial charge on any atom is 0.332 e. The molecule has 0 radical (unpaired) electrons. The number of nitrogens with one attached hydrogen (secondary N) is 1. The molecule has 7 nitrogen and oxygen atoms in total. The van der Waals surface area contributed by atoms with Crippen molar-refractivity contribution in [3.8, 4) is 5.75 Å². The summed E-state index contributed by atoms with van der Waals surface area (Å²) in [4.78, 5) is 26.7. The van der Waals surface area contributed by atoms with Crippen LogP contribution in [0.25, 0.3) is 0 Å². The Morgan fingerprint density at radius 2 is 2.16 bits per heavy atom. The lowest BCUT2D eigenvalue weighted by molar-refractivity contribution is -0.146. The highest BCUT2D eigenvalue weighted by Gasteiger charge is 2.23. The van der Waals surface area contributed by atoms with E-state index < -0.39 is 17.9 Å². The molecule has 0 spiro atoms. The molecular weight excluding hydrogens is 274 g/mol. The van der Waals surface area contributed by atoms with Crippen LogP contribution in [-0.2, 0) is 14.3 Å². The molecule has 0 saturated carbocycles. The number of pyridine rings is 1. The molecule has 19 heavy (non-hydrogen) atoms. The summed E-state index contributed by atoms with van der Waals surface area (Å²) in [6.45, 7) is 1.80. The van der Waals surface area contributed by atoms with Crippen molar-refractivity contribution in [1.29, 1.82) is 0 Å². The third-order valence-electron chi connectivity index (χ3n) is 2.05. The average molecular weight is 290 g/mol. The quantitative estimate of drug-likeness (QED) is 0.598. The average Bonchev–Trinajstić information content (AvgIpc) is 2.39. The van der Waals surface area contributed by atoms with Crippen LogP contribution in [0.3, 0.4) is 0 Å². The minimum atomic E-state index is -1.37. The van der Waals surface area contributed by atoms with Gasteiger partial charge in [-0.1, -0.05) is 0 Å². The molecule has 1 unspecified atom stereocenters. The summed E-state index contributed by atoms with van der Waals surface area (Å²) in [6, 6.07) is 1.79. The van der Waals surface area contributed by atoms with E-state index in [1.165, 1.54) is 19.4 Å². The lowest BCUT2D eigenvalue weighted by Crippen LogP contribution is -2.43. The molecule has 1 rings (SSSR count). The summed E-state index contributed by atoms with van der Waals surface area (Å²) in [5.74, 6) is -0.613. The second-order valence-corrected chi connectivity index (χ2v) is 3.30. The van der Waals surface area contributed by atoms with Crippen LogP contribution in [0.5, 0.6) is 5.75 Å². The first-order valence-electron chi connectivity index (χ1n) is 5.31. The van der Waals surface area contributed by atoms with Crippen LogP contribution < -0.4 is 15.8 Å². The van der Waals surface area contributed by atoms with Gasteiger partial charge in [0, 0.05) is 0 Å². The number of carbonyl (C=O) groups is 2. The largest absolute Gasteiger partial charge is 0.495 e. The van der Waals surface area contributed by atoms with Gasteiger partial charge in [0.2, 0.25) is 0 Å². The van der Waals surface area contributed by atoms with Crippen molar-refractivity contribution < 1.29 is 19.1 Å². The van der Waals surface area contributed by atoms with Gasteiger partial charge >= 0.3 is 5.97 Å². The molecule has 8 heteroatoms. The minimum absolute atomic E-state index is 0. The molecule has 0 aromatic carbocycles. The number of amides is 1. The van der Waals surface area contributed by atoms with Gasteiger partial charge in [-0.25, -0.2) is 9.78 Å². The van der Waals surface area contributed by atoms with Gasteiger partial charge in [-0.15, -0.1) is 12.4 Å². The Kier molecular flexibility index (Phi) is 7.47. The predicted molar refractivity (Wildman–Crippen MR) is 71.3 cm³/mol. The molecule has 0 saturated heterocycles. The van der Waals surface area contributed by atoms with E-state index >= 15 is 0 Å². The van der Waals surface area contributed by atoms with Gasteiger partial charge < -0.3 is 20.5 Å². The highest BCUT2D eigenvalue weighted by atomic mass is 35.5. The SMILES string of the molecule is CCOC(=O)C(N)C(=O)Nc1ccc(OC)cn1.Cl. The fourth-order valence-electron chi connectivity index (χ4n) is 1.12. The van der Waals surface area contributed by atoms with Crippen molar-refractivity contribution in [3.05, 3.63) is 18.3 Å². The van der Waals surface area contributed by atoms with E-state index in [4.69, 9.17) is 10.5 Å². The monoisotopic (exact) mass is 289 g/mol. The van der Waals surface area contributed by atoms with E-state index in [-0.39, 0.29) is 24.8 Å². The number of hydrogen-bond donors (Lipinski definition) is 2. The Hall–Kier alpha value is -1.86. The highest BCUT2D eigenvalue weighted by molar-refractivity contribution is 6.07. The maximum atomic E-state index is 11.6. The molecule has 0 aliphatic rings. The van der Waals surface area contributed by atoms with E-state index in [2.05, 4.69) is 15.0 Å². The number of hydrogen-bond acceptors (Lipinski definition) is 6. The van der Waals surface area contributed by atoms with Crippen LogP contribution in [0.2, 0.25) is 0 Å². The summed E-state index contributed by atoms with van der Waals surface area (Å²) in [5, 5.41) is 2.40. The van der Waals surface area contributed by atoms with E-state index in [0.29, 0.717) is 5.75 Å². The van der Waals surface area contributed by atoms with E-state index in [1.807, 2.05) is 0 Å². The fourth-order valence-corrected chi connectivity index (χ4v) is 1.12. The van der Waals surface area contributed by atoms with Crippen molar-refractivity contribution in [3.63, 3.8) is 0 Å². The van der Waals surface area contributed by atoms with Crippen LogP contribution in [-0.4, -0.2) is 36.6 Å². The number of ether oxygens (including phenoxy) is 2. The molecule has 106 valence electrons. The minimum Gasteiger partial charge on any atom is -0.495 e. The van der Waals surface area contributed by atoms with Crippen LogP contribution in [0.1, 0.15) is 6.92 Å². The standard InChI is InChI=1S/C11H15N3O4.ClH/c1-3-18-11(16)9(12)10(15)14-8-5-4-7(17-2)6-13-8;/h4-6,9H,3,12H2,1-2H3,(H,13,14,15);1H. The Labute approximate surface area is 116 Å². The summed E-state index contributed by atoms with van der Waals surface area (Å²) in [7, 11) is 1.51. The number of nitrogens with two attached hydrogens (primary N) is 1. The molecule has 3 N–H and O–H groups in total. The van der Waals surface area contributed by atoms with Gasteiger partial charge in [-0.3, -0.25) is 4.79 Å². The van der Waals surface area contributed by atoms with Crippen LogP contribution in [0, 0.1) is 0 Å². The maximum absolute atomic E-state index is 11.6. The summed E-state index contributed by atoms with van der Waals surface area (Å²) in [5.41, 5.74) is 5.41. The lowest BCUT2D eigenvalue weighted by Gasteiger charge is -2.10. The topological polar surface area (TPSA) is 104 Å². The van der Waals surface area contributed by atoms with Crippen molar-refractivity contribution in [1.82, 2.24) is 4.98 Å². The van der Waals surface area contributed by atoms with E-state index in [0.717, 1.165) is 0 Å². The first kappa shape index (κ1) is 17.1. The number of esters is 1. The number of halogens is 1. The predicted octanol–water partition coefficient (Wildman–Crippen LogP) is 0.341. The molecule has 0 fully saturated rings. The van der Waals surface area contributed by atoms with Gasteiger partial charge in [0.15, 0.2) is 6.04 Å². The molecule has 1 heterocycles. The van der Waals surface area contributed by atoms with E-state index in [1.54, 1.807) is 13.0 Å². The number of anilines is 1. The van der Waals surface area contributed by atoms with E-state index in [9.17, 15) is 9.59 Å². The second kappa shape index (κ2) is 8.28. The molecule has 1 aromatic rings. The third kappa shape index (κ3) is 5.11. The summed E-state index contributed by atoms with van der Waals surface area (Å²) >= 11 is 0. The number of carbonyl (C=O) groups excluding carboxylic acids is 2. The zero-order valence-corrected chi connectivity index (χ0v) is 11.4. The van der Waals surface area contributed by atoms with Gasteiger partial charge in [0.05, 0.1) is 19.9 Å². The van der Waals surface area contributed by atoms with Crippen molar-refractivity contribution >= 4 is 30.1 Å². The highest BCUT2D eigenvalue weighted by Crippen LogP contribution is 2.11. The van der Waals surface area contributed by atoms with Crippen molar-refractivity contribution in [2.45, 2.75) is 13.0 Å². The van der Waals surface area contributed by atoms with Crippen LogP contribution in [0.4, 0.5) is 5.82 Å². The van der Waals surface area contributed by atoms with Crippen LogP contribution in [0.15, 0.2) is 18.3 Å². The molecule has 1 aromatic heterocycles. The molecule has 1 amide bonds. The normalized spacial score (nSPS) is 10.9. The van der Waals surface area contributed by atoms with Crippen LogP contribution >= 0.6 is 12.4 Å². The first-order chi connectivity index (χ1) is 8.58. The third-order valence-corrected chi connectivity index (χ3v) is 2.05. The van der Waals surface area contributed by atoms with Gasteiger partial charge in [0.1, 0.15) is 11.6 Å². The fraction of sp³-hybridized carbons (Fsp3) is 0.364. The zero-order chi connectivity index (χ0) is 13.5. The Morgan fingerprint density at radius 3 is 2.63 bits per heavy atom. The Morgan fingerprint density at radius 1 is 1.47 bits per heavy atom. The van der Waals surface area contributed by atoms with Gasteiger partial charge in [-0.2, -0.15) is 0 Å². The molecular formula is C11H16ClN3O4.